The van der Waals surface area contributed by atoms with Gasteiger partial charge in [-0.2, -0.15) is 0 Å². The third-order valence-electron chi connectivity index (χ3n) is 6.12. The van der Waals surface area contributed by atoms with E-state index in [0.717, 1.165) is 11.1 Å². The van der Waals surface area contributed by atoms with Gasteiger partial charge in [0.1, 0.15) is 13.2 Å². The molecule has 0 aliphatic rings. The first-order valence-corrected chi connectivity index (χ1v) is 11.4. The molecule has 0 fully saturated rings. The van der Waals surface area contributed by atoms with Crippen LogP contribution < -0.4 is 0 Å². The summed E-state index contributed by atoms with van der Waals surface area (Å²) in [6, 6.07) is 18.2. The van der Waals surface area contributed by atoms with E-state index in [1.54, 1.807) is 31.1 Å². The highest BCUT2D eigenvalue weighted by atomic mass is 16.6. The Morgan fingerprint density at radius 2 is 1.43 bits per heavy atom. The molecule has 3 aromatic rings. The first-order valence-electron chi connectivity index (χ1n) is 11.4. The summed E-state index contributed by atoms with van der Waals surface area (Å²) in [6.07, 6.45) is 3.18. The molecule has 0 radical (unpaired) electrons. The smallest absolute Gasteiger partial charge is 0.324 e. The summed E-state index contributed by atoms with van der Waals surface area (Å²) in [5, 5.41) is 0. The fourth-order valence-corrected chi connectivity index (χ4v) is 4.00. The normalized spacial score (nSPS) is 12.0. The van der Waals surface area contributed by atoms with E-state index in [2.05, 4.69) is 4.98 Å². The summed E-state index contributed by atoms with van der Waals surface area (Å²) in [5.41, 5.74) is 0.250. The Morgan fingerprint density at radius 1 is 0.914 bits per heavy atom. The average Bonchev–Trinajstić information content (AvgIpc) is 3.31. The van der Waals surface area contributed by atoms with Gasteiger partial charge in [-0.15, -0.1) is 0 Å². The van der Waals surface area contributed by atoms with Crippen molar-refractivity contribution >= 4 is 17.9 Å². The maximum absolute atomic E-state index is 13.6. The van der Waals surface area contributed by atoms with Crippen molar-refractivity contribution in [2.75, 3.05) is 7.11 Å². The van der Waals surface area contributed by atoms with Gasteiger partial charge in [-0.3, -0.25) is 14.4 Å². The summed E-state index contributed by atoms with van der Waals surface area (Å²) in [6.45, 7) is 1.56. The van der Waals surface area contributed by atoms with Gasteiger partial charge < -0.3 is 18.8 Å². The first kappa shape index (κ1) is 25.7. The van der Waals surface area contributed by atoms with Crippen molar-refractivity contribution < 1.29 is 28.6 Å². The van der Waals surface area contributed by atoms with E-state index in [1.165, 1.54) is 7.11 Å². The molecule has 3 rings (SSSR count). The lowest BCUT2D eigenvalue weighted by Crippen LogP contribution is -2.51. The number of imidazole rings is 1. The second-order valence-corrected chi connectivity index (χ2v) is 8.22. The van der Waals surface area contributed by atoms with Crippen LogP contribution in [0.1, 0.15) is 30.2 Å². The number of hydrogen-bond acceptors (Lipinski definition) is 7. The van der Waals surface area contributed by atoms with Crippen molar-refractivity contribution in [2.24, 2.45) is 18.4 Å². The van der Waals surface area contributed by atoms with Crippen LogP contribution in [0.3, 0.4) is 0 Å². The van der Waals surface area contributed by atoms with Crippen LogP contribution in [-0.2, 0) is 55.3 Å². The van der Waals surface area contributed by atoms with Crippen molar-refractivity contribution in [3.05, 3.63) is 90.0 Å². The van der Waals surface area contributed by atoms with E-state index < -0.39 is 29.2 Å². The fourth-order valence-electron chi connectivity index (χ4n) is 4.00. The number of nitrogens with zero attached hydrogens (tertiary/aromatic N) is 2. The van der Waals surface area contributed by atoms with Crippen molar-refractivity contribution in [3.8, 4) is 0 Å². The van der Waals surface area contributed by atoms with E-state index in [9.17, 15) is 14.4 Å². The second kappa shape index (κ2) is 12.0. The van der Waals surface area contributed by atoms with Crippen molar-refractivity contribution in [1.82, 2.24) is 9.55 Å². The second-order valence-electron chi connectivity index (χ2n) is 8.22. The summed E-state index contributed by atoms with van der Waals surface area (Å²) in [5.74, 6) is -3.56. The molecule has 0 N–H and O–H groups in total. The molecule has 0 amide bonds. The molecular weight excluding hydrogens is 448 g/mol. The van der Waals surface area contributed by atoms with Gasteiger partial charge in [0.05, 0.1) is 19.4 Å². The van der Waals surface area contributed by atoms with Crippen LogP contribution in [0.5, 0.6) is 0 Å². The van der Waals surface area contributed by atoms with E-state index in [-0.39, 0.29) is 26.1 Å². The monoisotopic (exact) mass is 478 g/mol. The van der Waals surface area contributed by atoms with Gasteiger partial charge in [0, 0.05) is 25.4 Å². The number of carbonyl (C=O) groups excluding carboxylic acids is 3. The Labute approximate surface area is 204 Å². The number of aromatic nitrogens is 2. The van der Waals surface area contributed by atoms with E-state index in [1.807, 2.05) is 60.7 Å². The topological polar surface area (TPSA) is 96.7 Å². The molecule has 1 atom stereocenters. The van der Waals surface area contributed by atoms with Crippen molar-refractivity contribution in [2.45, 2.75) is 33.0 Å². The van der Waals surface area contributed by atoms with Crippen molar-refractivity contribution in [1.29, 1.82) is 0 Å². The molecule has 0 saturated heterocycles. The Bertz CT molecular complexity index is 1070. The highest BCUT2D eigenvalue weighted by molar-refractivity contribution is 6.04. The molecule has 1 unspecified atom stereocenters. The molecule has 0 aliphatic carbocycles. The molecule has 8 nitrogen and oxygen atoms in total. The number of esters is 3. The molecule has 184 valence electrons. The van der Waals surface area contributed by atoms with Gasteiger partial charge in [-0.1, -0.05) is 67.6 Å². The summed E-state index contributed by atoms with van der Waals surface area (Å²) in [7, 11) is 3.00. The average molecular weight is 479 g/mol. The maximum Gasteiger partial charge on any atom is 0.324 e. The third-order valence-corrected chi connectivity index (χ3v) is 6.12. The molecule has 1 heterocycles. The first-order chi connectivity index (χ1) is 16.9. The number of aryl methyl sites for hydroxylation is 1. The quantitative estimate of drug-likeness (QED) is 0.236. The predicted molar refractivity (Wildman–Crippen MR) is 128 cm³/mol. The number of carbonyl (C=O) groups is 3. The molecule has 2 aromatic carbocycles. The number of methoxy groups -OCH3 is 1. The van der Waals surface area contributed by atoms with Gasteiger partial charge in [-0.25, -0.2) is 4.98 Å². The van der Waals surface area contributed by atoms with Crippen LogP contribution in [-0.4, -0.2) is 34.6 Å². The zero-order chi connectivity index (χ0) is 25.3. The zero-order valence-electron chi connectivity index (χ0n) is 20.2. The minimum atomic E-state index is -1.92. The molecular formula is C27H30N2O6. The SMILES string of the molecule is CCC(C(=O)OCc1ccccc1)(C(=O)OCc1ccccc1)C(Cc1cncn1C)C(=O)OC. The minimum absolute atomic E-state index is 0.0220. The lowest BCUT2D eigenvalue weighted by atomic mass is 9.71. The molecule has 0 aliphatic heterocycles. The van der Waals surface area contributed by atoms with Gasteiger partial charge in [-0.05, 0) is 17.5 Å². The van der Waals surface area contributed by atoms with Gasteiger partial charge in [0.2, 0.25) is 0 Å². The molecule has 35 heavy (non-hydrogen) atoms. The Kier molecular flexibility index (Phi) is 8.78. The number of hydrogen-bond donors (Lipinski definition) is 0. The lowest BCUT2D eigenvalue weighted by molar-refractivity contribution is -0.185. The number of rotatable bonds is 11. The standard InChI is InChI=1S/C27H30N2O6/c1-4-27(25(31)34-17-20-11-7-5-8-12-20,26(32)35-18-21-13-9-6-10-14-21)23(24(30)33-3)15-22-16-28-19-29(22)2/h5-14,16,19,23H,4,15,17-18H2,1-3H3. The zero-order valence-corrected chi connectivity index (χ0v) is 20.2. The van der Waals surface area contributed by atoms with Crippen LogP contribution in [0.2, 0.25) is 0 Å². The molecule has 0 bridgehead atoms. The van der Waals surface area contributed by atoms with Gasteiger partial charge >= 0.3 is 17.9 Å². The van der Waals surface area contributed by atoms with E-state index in [4.69, 9.17) is 14.2 Å². The Hall–Kier alpha value is -3.94. The highest BCUT2D eigenvalue weighted by Crippen LogP contribution is 2.39. The molecule has 1 aromatic heterocycles. The lowest BCUT2D eigenvalue weighted by Gasteiger charge is -2.34. The van der Waals surface area contributed by atoms with Gasteiger partial charge in [0.15, 0.2) is 5.41 Å². The number of benzene rings is 2. The Morgan fingerprint density at radius 3 is 1.83 bits per heavy atom. The summed E-state index contributed by atoms with van der Waals surface area (Å²) < 4.78 is 18.0. The van der Waals surface area contributed by atoms with E-state index >= 15 is 0 Å². The minimum Gasteiger partial charge on any atom is -0.469 e. The van der Waals surface area contributed by atoms with Crippen LogP contribution in [0, 0.1) is 11.3 Å². The largest absolute Gasteiger partial charge is 0.469 e. The maximum atomic E-state index is 13.6. The summed E-state index contributed by atoms with van der Waals surface area (Å²) >= 11 is 0. The van der Waals surface area contributed by atoms with Crippen LogP contribution >= 0.6 is 0 Å². The fraction of sp³-hybridized carbons (Fsp3) is 0.333. The Balaban J connectivity index is 1.97. The van der Waals surface area contributed by atoms with Crippen LogP contribution in [0.15, 0.2) is 73.2 Å². The molecule has 0 spiro atoms. The van der Waals surface area contributed by atoms with Crippen LogP contribution in [0.25, 0.3) is 0 Å². The molecule has 8 heteroatoms. The predicted octanol–water partition coefficient (Wildman–Crippen LogP) is 3.64. The third kappa shape index (κ3) is 5.95. The molecule has 0 saturated carbocycles. The van der Waals surface area contributed by atoms with E-state index in [0.29, 0.717) is 5.69 Å². The van der Waals surface area contributed by atoms with Crippen molar-refractivity contribution in [3.63, 3.8) is 0 Å². The number of ether oxygens (including phenoxy) is 3. The van der Waals surface area contributed by atoms with Crippen LogP contribution in [0.4, 0.5) is 0 Å². The summed E-state index contributed by atoms with van der Waals surface area (Å²) in [4.78, 5) is 44.4. The van der Waals surface area contributed by atoms with Gasteiger partial charge in [0.25, 0.3) is 0 Å². The highest BCUT2D eigenvalue weighted by Gasteiger charge is 2.57.